The van der Waals surface area contributed by atoms with Crippen LogP contribution in [0.4, 0.5) is 0 Å². The van der Waals surface area contributed by atoms with Crippen molar-refractivity contribution in [2.24, 2.45) is 5.92 Å². The van der Waals surface area contributed by atoms with Gasteiger partial charge in [0.1, 0.15) is 5.75 Å². The van der Waals surface area contributed by atoms with Crippen LogP contribution < -0.4 is 4.74 Å². The number of esters is 1. The van der Waals surface area contributed by atoms with Crippen LogP contribution in [0.25, 0.3) is 0 Å². The molecule has 154 valence electrons. The van der Waals surface area contributed by atoms with E-state index in [1.807, 2.05) is 0 Å². The number of carbonyl (C=O) groups is 2. The molecule has 0 unspecified atom stereocenters. The Hall–Kier alpha value is -1.93. The van der Waals surface area contributed by atoms with Gasteiger partial charge in [-0.2, -0.15) is 4.31 Å². The summed E-state index contributed by atoms with van der Waals surface area (Å²) in [5.74, 6) is -0.759. The number of sulfonamides is 1. The maximum absolute atomic E-state index is 12.9. The SMILES string of the molecule is CC(=O)c1cccc(S(=O)(=O)N2CCC(C(=O)Oc3ccc(Cl)c(Cl)c3)CC2)c1. The van der Waals surface area contributed by atoms with Crippen molar-refractivity contribution in [1.82, 2.24) is 4.31 Å². The lowest BCUT2D eigenvalue weighted by molar-refractivity contribution is -0.140. The molecule has 1 aliphatic heterocycles. The summed E-state index contributed by atoms with van der Waals surface area (Å²) in [5, 5.41) is 0.643. The van der Waals surface area contributed by atoms with Crippen LogP contribution in [-0.2, 0) is 14.8 Å². The van der Waals surface area contributed by atoms with Crippen molar-refractivity contribution < 1.29 is 22.7 Å². The second-order valence-corrected chi connectivity index (χ2v) is 9.51. The molecule has 3 rings (SSSR count). The predicted molar refractivity (Wildman–Crippen MR) is 110 cm³/mol. The first-order valence-electron chi connectivity index (χ1n) is 8.96. The normalized spacial score (nSPS) is 15.8. The fourth-order valence-corrected chi connectivity index (χ4v) is 4.90. The molecule has 0 spiro atoms. The Bertz CT molecular complexity index is 1050. The Labute approximate surface area is 179 Å². The molecule has 1 saturated heterocycles. The third-order valence-corrected chi connectivity index (χ3v) is 7.41. The van der Waals surface area contributed by atoms with Gasteiger partial charge in [-0.25, -0.2) is 8.42 Å². The van der Waals surface area contributed by atoms with Crippen LogP contribution in [0.5, 0.6) is 5.75 Å². The Kier molecular flexibility index (Phi) is 6.63. The Morgan fingerprint density at radius 2 is 1.72 bits per heavy atom. The van der Waals surface area contributed by atoms with Gasteiger partial charge in [0, 0.05) is 24.7 Å². The van der Waals surface area contributed by atoms with Crippen molar-refractivity contribution in [2.75, 3.05) is 13.1 Å². The molecule has 0 aromatic heterocycles. The van der Waals surface area contributed by atoms with Crippen LogP contribution in [-0.4, -0.2) is 37.6 Å². The van der Waals surface area contributed by atoms with E-state index in [-0.39, 0.29) is 28.8 Å². The smallest absolute Gasteiger partial charge is 0.314 e. The van der Waals surface area contributed by atoms with E-state index in [0.29, 0.717) is 29.2 Å². The van der Waals surface area contributed by atoms with Gasteiger partial charge in [0.25, 0.3) is 0 Å². The molecule has 0 amide bonds. The largest absolute Gasteiger partial charge is 0.426 e. The van der Waals surface area contributed by atoms with E-state index in [0.717, 1.165) is 0 Å². The number of halogens is 2. The average Bonchev–Trinajstić information content (AvgIpc) is 2.71. The first-order chi connectivity index (χ1) is 13.7. The van der Waals surface area contributed by atoms with Gasteiger partial charge in [-0.3, -0.25) is 9.59 Å². The minimum absolute atomic E-state index is 0.0713. The summed E-state index contributed by atoms with van der Waals surface area (Å²) >= 11 is 11.8. The van der Waals surface area contributed by atoms with E-state index in [9.17, 15) is 18.0 Å². The molecular formula is C20H19Cl2NO5S. The number of ketones is 1. The molecular weight excluding hydrogens is 437 g/mol. The Balaban J connectivity index is 1.65. The van der Waals surface area contributed by atoms with Crippen molar-refractivity contribution in [2.45, 2.75) is 24.7 Å². The molecule has 0 saturated carbocycles. The van der Waals surface area contributed by atoms with Crippen molar-refractivity contribution in [1.29, 1.82) is 0 Å². The van der Waals surface area contributed by atoms with E-state index in [1.165, 1.54) is 35.5 Å². The molecule has 0 radical (unpaired) electrons. The standard InChI is InChI=1S/C20H19Cl2NO5S/c1-13(24)15-3-2-4-17(11-15)29(26,27)23-9-7-14(8-10-23)20(25)28-16-5-6-18(21)19(22)12-16/h2-6,11-12,14H,7-10H2,1H3. The number of Topliss-reactive ketones (excluding diaryl/α,β-unsaturated/α-hetero) is 1. The van der Waals surface area contributed by atoms with Crippen LogP contribution in [0, 0.1) is 5.92 Å². The number of nitrogens with zero attached hydrogens (tertiary/aromatic N) is 1. The van der Waals surface area contributed by atoms with E-state index < -0.39 is 21.9 Å². The molecule has 0 aliphatic carbocycles. The Morgan fingerprint density at radius 3 is 2.34 bits per heavy atom. The molecule has 1 heterocycles. The fraction of sp³-hybridized carbons (Fsp3) is 0.300. The number of piperidine rings is 1. The van der Waals surface area contributed by atoms with Gasteiger partial charge in [-0.15, -0.1) is 0 Å². The second kappa shape index (κ2) is 8.83. The maximum atomic E-state index is 12.9. The number of ether oxygens (including phenoxy) is 1. The third kappa shape index (κ3) is 4.98. The van der Waals surface area contributed by atoms with Gasteiger partial charge in [-0.1, -0.05) is 35.3 Å². The van der Waals surface area contributed by atoms with Crippen LogP contribution >= 0.6 is 23.2 Å². The molecule has 0 bridgehead atoms. The first kappa shape index (κ1) is 21.8. The van der Waals surface area contributed by atoms with Crippen molar-refractivity contribution in [3.63, 3.8) is 0 Å². The maximum Gasteiger partial charge on any atom is 0.314 e. The van der Waals surface area contributed by atoms with E-state index in [1.54, 1.807) is 18.2 Å². The van der Waals surface area contributed by atoms with Crippen LogP contribution in [0.15, 0.2) is 47.4 Å². The molecule has 1 aliphatic rings. The van der Waals surface area contributed by atoms with E-state index >= 15 is 0 Å². The highest BCUT2D eigenvalue weighted by atomic mass is 35.5. The van der Waals surface area contributed by atoms with Gasteiger partial charge in [0.05, 0.1) is 20.9 Å². The second-order valence-electron chi connectivity index (χ2n) is 6.76. The molecule has 0 atom stereocenters. The predicted octanol–water partition coefficient (Wildman–Crippen LogP) is 4.20. The molecule has 2 aromatic rings. The summed E-state index contributed by atoms with van der Waals surface area (Å²) in [6.07, 6.45) is 0.678. The summed E-state index contributed by atoms with van der Waals surface area (Å²) in [7, 11) is -3.74. The quantitative estimate of drug-likeness (QED) is 0.383. The van der Waals surface area contributed by atoms with Crippen molar-refractivity contribution in [3.8, 4) is 5.75 Å². The minimum Gasteiger partial charge on any atom is -0.426 e. The lowest BCUT2D eigenvalue weighted by Gasteiger charge is -2.30. The first-order valence-corrected chi connectivity index (χ1v) is 11.2. The number of carbonyl (C=O) groups excluding carboxylic acids is 2. The van der Waals surface area contributed by atoms with Crippen molar-refractivity contribution >= 4 is 45.0 Å². The molecule has 2 aromatic carbocycles. The van der Waals surface area contributed by atoms with E-state index in [4.69, 9.17) is 27.9 Å². The number of benzene rings is 2. The summed E-state index contributed by atoms with van der Waals surface area (Å²) in [4.78, 5) is 24.0. The molecule has 6 nitrogen and oxygen atoms in total. The van der Waals surface area contributed by atoms with Gasteiger partial charge in [0.2, 0.25) is 10.0 Å². The van der Waals surface area contributed by atoms with E-state index in [2.05, 4.69) is 0 Å². The number of hydrogen-bond acceptors (Lipinski definition) is 5. The summed E-state index contributed by atoms with van der Waals surface area (Å²) < 4.78 is 32.4. The molecule has 0 N–H and O–H groups in total. The van der Waals surface area contributed by atoms with Gasteiger partial charge >= 0.3 is 5.97 Å². The lowest BCUT2D eigenvalue weighted by atomic mass is 9.98. The van der Waals surface area contributed by atoms with Crippen LogP contribution in [0.1, 0.15) is 30.1 Å². The summed E-state index contributed by atoms with van der Waals surface area (Å²) in [6, 6.07) is 10.5. The van der Waals surface area contributed by atoms with Crippen LogP contribution in [0.2, 0.25) is 10.0 Å². The highest BCUT2D eigenvalue weighted by Crippen LogP contribution is 2.29. The van der Waals surface area contributed by atoms with Crippen LogP contribution in [0.3, 0.4) is 0 Å². The van der Waals surface area contributed by atoms with Gasteiger partial charge in [0.15, 0.2) is 5.78 Å². The molecule has 9 heteroatoms. The minimum atomic E-state index is -3.74. The van der Waals surface area contributed by atoms with Gasteiger partial charge < -0.3 is 4.74 Å². The average molecular weight is 456 g/mol. The summed E-state index contributed by atoms with van der Waals surface area (Å²) in [5.41, 5.74) is 0.339. The topological polar surface area (TPSA) is 80.8 Å². The number of hydrogen-bond donors (Lipinski definition) is 0. The van der Waals surface area contributed by atoms with Gasteiger partial charge in [-0.05, 0) is 44.0 Å². The third-order valence-electron chi connectivity index (χ3n) is 4.78. The zero-order chi connectivity index (χ0) is 21.2. The zero-order valence-corrected chi connectivity index (χ0v) is 17.9. The fourth-order valence-electron chi connectivity index (χ4n) is 3.10. The zero-order valence-electron chi connectivity index (χ0n) is 15.6. The molecule has 29 heavy (non-hydrogen) atoms. The highest BCUT2D eigenvalue weighted by molar-refractivity contribution is 7.89. The number of rotatable bonds is 5. The van der Waals surface area contributed by atoms with Crippen molar-refractivity contribution in [3.05, 3.63) is 58.1 Å². The monoisotopic (exact) mass is 455 g/mol. The molecule has 1 fully saturated rings. The lowest BCUT2D eigenvalue weighted by Crippen LogP contribution is -2.41. The highest BCUT2D eigenvalue weighted by Gasteiger charge is 2.33. The Morgan fingerprint density at radius 1 is 1.03 bits per heavy atom. The summed E-state index contributed by atoms with van der Waals surface area (Å²) in [6.45, 7) is 1.76.